The SMILES string of the molecule is CNC(C)c1c(Br)cnn1C(C)C. The van der Waals surface area contributed by atoms with Crippen molar-refractivity contribution in [2.75, 3.05) is 7.05 Å². The average Bonchev–Trinajstić information content (AvgIpc) is 2.46. The molecule has 0 aliphatic heterocycles. The molecule has 0 spiro atoms. The van der Waals surface area contributed by atoms with Crippen LogP contribution >= 0.6 is 15.9 Å². The summed E-state index contributed by atoms with van der Waals surface area (Å²) in [5.74, 6) is 0. The maximum absolute atomic E-state index is 4.31. The molecule has 0 aliphatic rings. The summed E-state index contributed by atoms with van der Waals surface area (Å²) in [4.78, 5) is 0. The van der Waals surface area contributed by atoms with Gasteiger partial charge in [-0.3, -0.25) is 4.68 Å². The van der Waals surface area contributed by atoms with Gasteiger partial charge < -0.3 is 5.32 Å². The molecule has 0 radical (unpaired) electrons. The van der Waals surface area contributed by atoms with E-state index in [0.717, 1.165) is 4.47 Å². The van der Waals surface area contributed by atoms with Gasteiger partial charge in [-0.05, 0) is 43.7 Å². The van der Waals surface area contributed by atoms with Crippen molar-refractivity contribution in [1.29, 1.82) is 0 Å². The number of nitrogens with one attached hydrogen (secondary N) is 1. The van der Waals surface area contributed by atoms with Crippen LogP contribution in [0.5, 0.6) is 0 Å². The molecule has 0 saturated carbocycles. The van der Waals surface area contributed by atoms with E-state index in [1.54, 1.807) is 0 Å². The first kappa shape index (κ1) is 10.7. The lowest BCUT2D eigenvalue weighted by molar-refractivity contribution is 0.474. The van der Waals surface area contributed by atoms with Gasteiger partial charge in [-0.2, -0.15) is 5.10 Å². The second-order valence-electron chi connectivity index (χ2n) is 3.43. The number of nitrogens with zero attached hydrogens (tertiary/aromatic N) is 2. The molecular weight excluding hydrogens is 230 g/mol. The maximum Gasteiger partial charge on any atom is 0.0695 e. The van der Waals surface area contributed by atoms with Crippen LogP contribution in [0, 0.1) is 0 Å². The zero-order valence-electron chi connectivity index (χ0n) is 8.50. The van der Waals surface area contributed by atoms with Gasteiger partial charge >= 0.3 is 0 Å². The van der Waals surface area contributed by atoms with Crippen molar-refractivity contribution in [3.8, 4) is 0 Å². The fourth-order valence-corrected chi connectivity index (χ4v) is 1.92. The van der Waals surface area contributed by atoms with Crippen LogP contribution in [0.4, 0.5) is 0 Å². The minimum atomic E-state index is 0.319. The molecule has 1 rings (SSSR count). The van der Waals surface area contributed by atoms with E-state index in [1.807, 2.05) is 17.9 Å². The fourth-order valence-electron chi connectivity index (χ4n) is 1.30. The van der Waals surface area contributed by atoms with Crippen LogP contribution < -0.4 is 5.32 Å². The van der Waals surface area contributed by atoms with Crippen molar-refractivity contribution >= 4 is 15.9 Å². The molecule has 0 saturated heterocycles. The third-order valence-corrected chi connectivity index (χ3v) is 2.73. The molecular formula is C9H16BrN3. The number of aromatic nitrogens is 2. The Morgan fingerprint density at radius 3 is 2.54 bits per heavy atom. The second kappa shape index (κ2) is 4.24. The van der Waals surface area contributed by atoms with Gasteiger partial charge in [0.15, 0.2) is 0 Å². The molecule has 1 unspecified atom stereocenters. The van der Waals surface area contributed by atoms with Gasteiger partial charge in [0.05, 0.1) is 16.4 Å². The Morgan fingerprint density at radius 1 is 1.46 bits per heavy atom. The van der Waals surface area contributed by atoms with Crippen LogP contribution in [0.15, 0.2) is 10.7 Å². The first-order valence-corrected chi connectivity index (χ1v) is 5.27. The Balaban J connectivity index is 3.08. The molecule has 0 aromatic carbocycles. The van der Waals surface area contributed by atoms with Crippen molar-refractivity contribution < 1.29 is 0 Å². The van der Waals surface area contributed by atoms with Crippen LogP contribution in [0.1, 0.15) is 38.5 Å². The molecule has 1 aromatic heterocycles. The summed E-state index contributed by atoms with van der Waals surface area (Å²) in [6.07, 6.45) is 1.85. The van der Waals surface area contributed by atoms with Gasteiger partial charge in [0.25, 0.3) is 0 Å². The van der Waals surface area contributed by atoms with Gasteiger partial charge in [0.1, 0.15) is 0 Å². The smallest absolute Gasteiger partial charge is 0.0695 e. The van der Waals surface area contributed by atoms with E-state index in [4.69, 9.17) is 0 Å². The minimum absolute atomic E-state index is 0.319. The Morgan fingerprint density at radius 2 is 2.08 bits per heavy atom. The Hall–Kier alpha value is -0.350. The molecule has 1 atom stereocenters. The molecule has 3 nitrogen and oxygen atoms in total. The van der Waals surface area contributed by atoms with E-state index in [2.05, 4.69) is 47.1 Å². The van der Waals surface area contributed by atoms with Gasteiger partial charge in [0.2, 0.25) is 0 Å². The summed E-state index contributed by atoms with van der Waals surface area (Å²) in [6.45, 7) is 6.39. The number of halogens is 1. The van der Waals surface area contributed by atoms with Crippen molar-refractivity contribution in [3.05, 3.63) is 16.4 Å². The molecule has 0 bridgehead atoms. The number of hydrogen-bond acceptors (Lipinski definition) is 2. The molecule has 1 heterocycles. The summed E-state index contributed by atoms with van der Waals surface area (Å²) in [5.41, 5.74) is 1.21. The number of rotatable bonds is 3. The lowest BCUT2D eigenvalue weighted by Gasteiger charge is -2.16. The summed E-state index contributed by atoms with van der Waals surface area (Å²) in [6, 6.07) is 0.719. The van der Waals surface area contributed by atoms with Crippen molar-refractivity contribution in [3.63, 3.8) is 0 Å². The molecule has 1 aromatic rings. The van der Waals surface area contributed by atoms with Crippen LogP contribution in [-0.4, -0.2) is 16.8 Å². The van der Waals surface area contributed by atoms with Crippen LogP contribution in [0.25, 0.3) is 0 Å². The van der Waals surface area contributed by atoms with E-state index in [1.165, 1.54) is 5.69 Å². The monoisotopic (exact) mass is 245 g/mol. The minimum Gasteiger partial charge on any atom is -0.312 e. The third-order valence-electron chi connectivity index (χ3n) is 2.12. The summed E-state index contributed by atoms with van der Waals surface area (Å²) >= 11 is 3.50. The highest BCUT2D eigenvalue weighted by atomic mass is 79.9. The highest BCUT2D eigenvalue weighted by molar-refractivity contribution is 9.10. The molecule has 1 N–H and O–H groups in total. The Labute approximate surface area is 87.6 Å². The highest BCUT2D eigenvalue weighted by Gasteiger charge is 2.15. The molecule has 0 amide bonds. The Kier molecular flexibility index (Phi) is 3.50. The molecule has 4 heteroatoms. The van der Waals surface area contributed by atoms with Crippen LogP contribution in [0.3, 0.4) is 0 Å². The lowest BCUT2D eigenvalue weighted by Crippen LogP contribution is -2.19. The zero-order valence-corrected chi connectivity index (χ0v) is 10.1. The van der Waals surface area contributed by atoms with Crippen molar-refractivity contribution in [2.45, 2.75) is 32.9 Å². The number of hydrogen-bond donors (Lipinski definition) is 1. The third kappa shape index (κ3) is 2.11. The second-order valence-corrected chi connectivity index (χ2v) is 4.28. The quantitative estimate of drug-likeness (QED) is 0.888. The Bertz CT molecular complexity index is 280. The lowest BCUT2D eigenvalue weighted by atomic mass is 10.2. The standard InChI is InChI=1S/C9H16BrN3/c1-6(2)13-9(7(3)11-4)8(10)5-12-13/h5-7,11H,1-4H3. The van der Waals surface area contributed by atoms with Gasteiger partial charge in [-0.15, -0.1) is 0 Å². The summed E-state index contributed by atoms with van der Waals surface area (Å²) < 4.78 is 3.11. The first-order valence-electron chi connectivity index (χ1n) is 4.48. The fraction of sp³-hybridized carbons (Fsp3) is 0.667. The van der Waals surface area contributed by atoms with E-state index in [0.29, 0.717) is 12.1 Å². The first-order chi connectivity index (χ1) is 6.07. The summed E-state index contributed by atoms with van der Waals surface area (Å²) in [7, 11) is 1.95. The van der Waals surface area contributed by atoms with E-state index in [9.17, 15) is 0 Å². The normalized spacial score (nSPS) is 13.7. The zero-order chi connectivity index (χ0) is 10.0. The predicted molar refractivity (Wildman–Crippen MR) is 57.8 cm³/mol. The molecule has 0 fully saturated rings. The highest BCUT2D eigenvalue weighted by Crippen LogP contribution is 2.25. The summed E-state index contributed by atoms with van der Waals surface area (Å²) in [5, 5.41) is 7.53. The van der Waals surface area contributed by atoms with E-state index in [-0.39, 0.29) is 0 Å². The van der Waals surface area contributed by atoms with Gasteiger partial charge in [0, 0.05) is 12.1 Å². The van der Waals surface area contributed by atoms with Crippen LogP contribution in [0.2, 0.25) is 0 Å². The predicted octanol–water partition coefficient (Wildman–Crippen LogP) is 2.51. The van der Waals surface area contributed by atoms with Crippen LogP contribution in [-0.2, 0) is 0 Å². The van der Waals surface area contributed by atoms with E-state index < -0.39 is 0 Å². The van der Waals surface area contributed by atoms with Gasteiger partial charge in [-0.25, -0.2) is 0 Å². The average molecular weight is 246 g/mol. The largest absolute Gasteiger partial charge is 0.312 e. The van der Waals surface area contributed by atoms with Crippen molar-refractivity contribution in [1.82, 2.24) is 15.1 Å². The topological polar surface area (TPSA) is 29.9 Å². The molecule has 0 aliphatic carbocycles. The van der Waals surface area contributed by atoms with Crippen molar-refractivity contribution in [2.24, 2.45) is 0 Å². The van der Waals surface area contributed by atoms with E-state index >= 15 is 0 Å². The maximum atomic E-state index is 4.31. The van der Waals surface area contributed by atoms with Gasteiger partial charge in [-0.1, -0.05) is 0 Å². The molecule has 74 valence electrons. The molecule has 13 heavy (non-hydrogen) atoms.